The van der Waals surface area contributed by atoms with Crippen LogP contribution in [0.1, 0.15) is 32.6 Å². The molecule has 1 N–H and O–H groups in total. The van der Waals surface area contributed by atoms with Crippen molar-refractivity contribution in [2.75, 3.05) is 19.6 Å². The number of nitrogens with zero attached hydrogens (tertiary/aromatic N) is 1. The Labute approximate surface area is 177 Å². The zero-order chi connectivity index (χ0) is 24.2. The summed E-state index contributed by atoms with van der Waals surface area (Å²) in [5.41, 5.74) is 0. The molecule has 1 aromatic rings. The van der Waals surface area contributed by atoms with Crippen molar-refractivity contribution in [3.63, 3.8) is 0 Å². The Balaban J connectivity index is 2.10. The number of halogens is 8. The van der Waals surface area contributed by atoms with Gasteiger partial charge in [-0.3, -0.25) is 14.5 Å². The van der Waals surface area contributed by atoms with E-state index < -0.39 is 65.4 Å². The third-order valence-corrected chi connectivity index (χ3v) is 5.02. The third-order valence-electron chi connectivity index (χ3n) is 5.02. The topological polar surface area (TPSA) is 58.6 Å². The van der Waals surface area contributed by atoms with Crippen LogP contribution < -0.4 is 10.1 Å². The molecular weight excluding hydrogens is 456 g/mol. The summed E-state index contributed by atoms with van der Waals surface area (Å²) in [5.74, 6) is -17.2. The summed E-state index contributed by atoms with van der Waals surface area (Å²) in [4.78, 5) is 24.7. The molecule has 0 spiro atoms. The first-order chi connectivity index (χ1) is 14.9. The van der Waals surface area contributed by atoms with Gasteiger partial charge in [-0.15, -0.1) is 0 Å². The molecule has 1 aliphatic heterocycles. The van der Waals surface area contributed by atoms with Gasteiger partial charge in [-0.1, -0.05) is 0 Å². The van der Waals surface area contributed by atoms with Crippen LogP contribution in [0.15, 0.2) is 0 Å². The first-order valence-corrected chi connectivity index (χ1v) is 9.69. The number of rotatable bonds is 7. The largest absolute Gasteiger partial charge is 0.420 e. The van der Waals surface area contributed by atoms with Crippen molar-refractivity contribution in [1.29, 1.82) is 0 Å². The van der Waals surface area contributed by atoms with E-state index in [2.05, 4.69) is 10.1 Å². The van der Waals surface area contributed by atoms with Crippen LogP contribution in [0.25, 0.3) is 0 Å². The molecule has 1 heterocycles. The van der Waals surface area contributed by atoms with Crippen LogP contribution in [0.3, 0.4) is 0 Å². The van der Waals surface area contributed by atoms with Crippen LogP contribution in [0, 0.1) is 35.0 Å². The lowest BCUT2D eigenvalue weighted by atomic mass is 9.90. The molecule has 1 saturated heterocycles. The molecule has 1 amide bonds. The van der Waals surface area contributed by atoms with Crippen molar-refractivity contribution in [3.8, 4) is 5.75 Å². The molecule has 2 rings (SSSR count). The van der Waals surface area contributed by atoms with Crippen LogP contribution in [0.4, 0.5) is 35.1 Å². The summed E-state index contributed by atoms with van der Waals surface area (Å²) in [6.45, 7) is 1.71. The minimum Gasteiger partial charge on any atom is -0.420 e. The van der Waals surface area contributed by atoms with Gasteiger partial charge >= 0.3 is 12.1 Å². The molecule has 13 heteroatoms. The predicted octanol–water partition coefficient (Wildman–Crippen LogP) is 3.85. The Morgan fingerprint density at radius 1 is 1.03 bits per heavy atom. The van der Waals surface area contributed by atoms with Crippen LogP contribution in [0.2, 0.25) is 0 Å². The third kappa shape index (κ3) is 5.87. The van der Waals surface area contributed by atoms with Gasteiger partial charge in [0.05, 0.1) is 5.92 Å². The molecule has 180 valence electrons. The van der Waals surface area contributed by atoms with Gasteiger partial charge in [0.15, 0.2) is 0 Å². The quantitative estimate of drug-likeness (QED) is 0.214. The number of carbonyl (C=O) groups is 2. The Morgan fingerprint density at radius 3 is 2.12 bits per heavy atom. The van der Waals surface area contributed by atoms with Gasteiger partial charge in [-0.25, -0.2) is 13.2 Å². The number of esters is 1. The Bertz CT molecular complexity index is 833. The number of carbonyl (C=O) groups excluding carboxylic acids is 2. The van der Waals surface area contributed by atoms with E-state index in [1.54, 1.807) is 6.92 Å². The van der Waals surface area contributed by atoms with Gasteiger partial charge in [0, 0.05) is 13.0 Å². The zero-order valence-electron chi connectivity index (χ0n) is 16.8. The van der Waals surface area contributed by atoms with E-state index in [1.807, 2.05) is 0 Å². The Kier molecular flexibility index (Phi) is 8.43. The lowest BCUT2D eigenvalue weighted by Gasteiger charge is -2.39. The monoisotopic (exact) mass is 476 g/mol. The average Bonchev–Trinajstić information content (AvgIpc) is 2.73. The van der Waals surface area contributed by atoms with Crippen LogP contribution >= 0.6 is 0 Å². The highest BCUT2D eigenvalue weighted by Gasteiger charge is 2.48. The van der Waals surface area contributed by atoms with Gasteiger partial charge < -0.3 is 10.1 Å². The zero-order valence-corrected chi connectivity index (χ0v) is 16.8. The lowest BCUT2D eigenvalue weighted by molar-refractivity contribution is -0.197. The molecule has 1 aromatic carbocycles. The van der Waals surface area contributed by atoms with Gasteiger partial charge in [0.25, 0.3) is 0 Å². The van der Waals surface area contributed by atoms with Crippen molar-refractivity contribution in [3.05, 3.63) is 29.1 Å². The Hall–Kier alpha value is -2.44. The maximum atomic E-state index is 13.7. The Morgan fingerprint density at radius 2 is 1.59 bits per heavy atom. The van der Waals surface area contributed by atoms with E-state index in [0.29, 0.717) is 6.54 Å². The van der Waals surface area contributed by atoms with Crippen molar-refractivity contribution in [2.45, 2.75) is 44.8 Å². The van der Waals surface area contributed by atoms with Crippen LogP contribution in [0.5, 0.6) is 5.75 Å². The fraction of sp³-hybridized carbons (Fsp3) is 0.579. The molecule has 2 atom stereocenters. The second-order valence-corrected chi connectivity index (χ2v) is 7.19. The first kappa shape index (κ1) is 25.8. The van der Waals surface area contributed by atoms with Gasteiger partial charge in [-0.2, -0.15) is 22.0 Å². The molecular formula is C19H20F8N2O3. The van der Waals surface area contributed by atoms with E-state index in [1.165, 1.54) is 0 Å². The first-order valence-electron chi connectivity index (χ1n) is 9.69. The molecule has 0 aromatic heterocycles. The number of amides is 1. The highest BCUT2D eigenvalue weighted by Crippen LogP contribution is 2.36. The second kappa shape index (κ2) is 10.5. The number of hydrogen-bond acceptors (Lipinski definition) is 4. The highest BCUT2D eigenvalue weighted by atomic mass is 19.4. The number of piperidine rings is 1. The number of likely N-dealkylation sites (tertiary alicyclic amines) is 1. The summed E-state index contributed by atoms with van der Waals surface area (Å²) >= 11 is 0. The van der Waals surface area contributed by atoms with Crippen LogP contribution in [-0.2, 0) is 9.59 Å². The van der Waals surface area contributed by atoms with Crippen molar-refractivity contribution < 1.29 is 49.4 Å². The van der Waals surface area contributed by atoms with Gasteiger partial charge in [-0.05, 0) is 39.3 Å². The van der Waals surface area contributed by atoms with Crippen molar-refractivity contribution in [1.82, 2.24) is 10.2 Å². The van der Waals surface area contributed by atoms with Crippen LogP contribution in [-0.4, -0.2) is 48.6 Å². The van der Waals surface area contributed by atoms with Crippen molar-refractivity contribution in [2.24, 2.45) is 5.92 Å². The molecule has 2 unspecified atom stereocenters. The molecule has 1 fully saturated rings. The normalized spacial score (nSPS) is 19.7. The summed E-state index contributed by atoms with van der Waals surface area (Å²) < 4.78 is 112. The minimum atomic E-state index is -4.77. The summed E-state index contributed by atoms with van der Waals surface area (Å²) in [7, 11) is 0. The number of benzene rings is 1. The van der Waals surface area contributed by atoms with Gasteiger partial charge in [0.1, 0.15) is 6.04 Å². The summed E-state index contributed by atoms with van der Waals surface area (Å²) in [6, 6.07) is -2.11. The second-order valence-electron chi connectivity index (χ2n) is 7.19. The minimum absolute atomic E-state index is 0.000631. The maximum Gasteiger partial charge on any atom is 0.404 e. The number of nitrogens with one attached hydrogen (secondary N) is 1. The number of hydrogen-bond donors (Lipinski definition) is 1. The van der Waals surface area contributed by atoms with E-state index in [0.717, 1.165) is 4.90 Å². The fourth-order valence-corrected chi connectivity index (χ4v) is 3.42. The molecule has 32 heavy (non-hydrogen) atoms. The van der Waals surface area contributed by atoms with E-state index in [-0.39, 0.29) is 38.3 Å². The van der Waals surface area contributed by atoms with E-state index in [9.17, 15) is 44.7 Å². The molecule has 5 nitrogen and oxygen atoms in total. The van der Waals surface area contributed by atoms with Crippen molar-refractivity contribution >= 4 is 11.9 Å². The average molecular weight is 476 g/mol. The molecule has 0 radical (unpaired) electrons. The molecule has 0 saturated carbocycles. The SMILES string of the molecule is CCNC(=O)CCCN1CCC(C(=O)Oc2c(F)c(F)c(F)c(F)c2F)CC1C(F)(F)F. The van der Waals surface area contributed by atoms with Gasteiger partial charge in [0.2, 0.25) is 40.7 Å². The maximum absolute atomic E-state index is 13.7. The predicted molar refractivity (Wildman–Crippen MR) is 93.9 cm³/mol. The number of alkyl halides is 3. The molecule has 1 aliphatic rings. The summed E-state index contributed by atoms with van der Waals surface area (Å²) in [6.07, 6.45) is -5.69. The fourth-order valence-electron chi connectivity index (χ4n) is 3.42. The molecule has 0 bridgehead atoms. The van der Waals surface area contributed by atoms with E-state index in [4.69, 9.17) is 0 Å². The number of ether oxygens (including phenoxy) is 1. The molecule has 0 aliphatic carbocycles. The lowest BCUT2D eigenvalue weighted by Crippen LogP contribution is -2.52. The highest BCUT2D eigenvalue weighted by molar-refractivity contribution is 5.76. The standard InChI is InChI=1S/C19H20F8N2O3/c1-2-28-11(30)4-3-6-29-7-5-9(8-10(29)19(25,26)27)18(31)32-17-15(23)13(21)12(20)14(22)16(17)24/h9-10H,2-8H2,1H3,(H,28,30). The summed E-state index contributed by atoms with van der Waals surface area (Å²) in [5, 5.41) is 2.51. The van der Waals surface area contributed by atoms with E-state index >= 15 is 0 Å². The smallest absolute Gasteiger partial charge is 0.404 e.